The maximum Gasteiger partial charge on any atom is 0.336 e. The Morgan fingerprint density at radius 1 is 0.871 bits per heavy atom. The van der Waals surface area contributed by atoms with E-state index in [-0.39, 0.29) is 5.91 Å². The van der Waals surface area contributed by atoms with Crippen molar-refractivity contribution in [3.63, 3.8) is 0 Å². The molecular weight excluding hydrogens is 392 g/mol. The normalized spacial score (nSPS) is 10.9. The highest BCUT2D eigenvalue weighted by atomic mass is 16.5. The zero-order valence-corrected chi connectivity index (χ0v) is 17.0. The van der Waals surface area contributed by atoms with E-state index in [1.54, 1.807) is 54.6 Å². The van der Waals surface area contributed by atoms with E-state index in [1.165, 1.54) is 12.3 Å². The Morgan fingerprint density at radius 3 is 2.23 bits per heavy atom. The van der Waals surface area contributed by atoms with Gasteiger partial charge in [0.2, 0.25) is 0 Å². The smallest absolute Gasteiger partial charge is 0.336 e. The van der Waals surface area contributed by atoms with E-state index in [4.69, 9.17) is 9.47 Å². The molecule has 1 amide bonds. The van der Waals surface area contributed by atoms with Crippen molar-refractivity contribution in [1.29, 1.82) is 0 Å². The Labute approximate surface area is 180 Å². The van der Waals surface area contributed by atoms with Gasteiger partial charge in [0.05, 0.1) is 12.8 Å². The van der Waals surface area contributed by atoms with Gasteiger partial charge in [0.1, 0.15) is 11.5 Å². The Bertz CT molecular complexity index is 1060. The lowest BCUT2D eigenvalue weighted by atomic mass is 10.2. The summed E-state index contributed by atoms with van der Waals surface area (Å²) >= 11 is 0. The van der Waals surface area contributed by atoms with Gasteiger partial charge >= 0.3 is 5.97 Å². The molecule has 156 valence electrons. The SMILES string of the molecule is CCOc1ccc(C(=O)NN=Cc2ccc(OC(=O)C=Cc3ccccc3)cc2)cc1. The van der Waals surface area contributed by atoms with Crippen LogP contribution in [0, 0.1) is 0 Å². The van der Waals surface area contributed by atoms with Crippen molar-refractivity contribution >= 4 is 24.2 Å². The maximum atomic E-state index is 12.1. The van der Waals surface area contributed by atoms with Crippen LogP contribution < -0.4 is 14.9 Å². The number of nitrogens with zero attached hydrogens (tertiary/aromatic N) is 1. The Hall–Kier alpha value is -4.19. The van der Waals surface area contributed by atoms with Crippen LogP contribution in [0.2, 0.25) is 0 Å². The number of hydrogen-bond acceptors (Lipinski definition) is 5. The Balaban J connectivity index is 1.49. The van der Waals surface area contributed by atoms with Gasteiger partial charge in [-0.2, -0.15) is 5.10 Å². The number of carbonyl (C=O) groups excluding carboxylic acids is 2. The molecule has 0 aliphatic heterocycles. The molecule has 0 unspecified atom stereocenters. The van der Waals surface area contributed by atoms with Crippen LogP contribution in [-0.2, 0) is 4.79 Å². The summed E-state index contributed by atoms with van der Waals surface area (Å²) in [5.41, 5.74) is 4.61. The second-order valence-corrected chi connectivity index (χ2v) is 6.39. The quantitative estimate of drug-likeness (QED) is 0.194. The number of rotatable bonds is 8. The predicted octanol–water partition coefficient (Wildman–Crippen LogP) is 4.47. The molecule has 0 spiro atoms. The molecular formula is C25H22N2O4. The minimum Gasteiger partial charge on any atom is -0.494 e. The number of nitrogens with one attached hydrogen (secondary N) is 1. The van der Waals surface area contributed by atoms with E-state index in [9.17, 15) is 9.59 Å². The molecule has 6 heteroatoms. The average Bonchev–Trinajstić information content (AvgIpc) is 2.80. The van der Waals surface area contributed by atoms with Gasteiger partial charge in [-0.05, 0) is 72.7 Å². The first-order valence-electron chi connectivity index (χ1n) is 9.75. The number of ether oxygens (including phenoxy) is 2. The summed E-state index contributed by atoms with van der Waals surface area (Å²) in [4.78, 5) is 24.0. The minimum atomic E-state index is -0.465. The van der Waals surface area contributed by atoms with Crippen molar-refractivity contribution in [2.75, 3.05) is 6.61 Å². The fourth-order valence-electron chi connectivity index (χ4n) is 2.60. The van der Waals surface area contributed by atoms with Crippen molar-refractivity contribution in [3.8, 4) is 11.5 Å². The maximum absolute atomic E-state index is 12.1. The van der Waals surface area contributed by atoms with Crippen molar-refractivity contribution < 1.29 is 19.1 Å². The molecule has 1 N–H and O–H groups in total. The molecule has 6 nitrogen and oxygen atoms in total. The van der Waals surface area contributed by atoms with Gasteiger partial charge < -0.3 is 9.47 Å². The number of carbonyl (C=O) groups is 2. The molecule has 0 radical (unpaired) electrons. The fourth-order valence-corrected chi connectivity index (χ4v) is 2.60. The standard InChI is InChI=1S/C25H22N2O4/c1-2-30-22-15-11-21(12-16-22)25(29)27-26-18-20-8-13-23(14-9-20)31-24(28)17-10-19-6-4-3-5-7-19/h3-18H,2H2,1H3,(H,27,29). The van der Waals surface area contributed by atoms with Crippen LogP contribution >= 0.6 is 0 Å². The first-order valence-corrected chi connectivity index (χ1v) is 9.75. The highest BCUT2D eigenvalue weighted by Crippen LogP contribution is 2.13. The van der Waals surface area contributed by atoms with Gasteiger partial charge in [-0.25, -0.2) is 10.2 Å². The van der Waals surface area contributed by atoms with Gasteiger partial charge in [-0.1, -0.05) is 30.3 Å². The molecule has 0 heterocycles. The summed E-state index contributed by atoms with van der Waals surface area (Å²) in [5.74, 6) is 0.333. The van der Waals surface area contributed by atoms with Crippen LogP contribution in [0.4, 0.5) is 0 Å². The van der Waals surface area contributed by atoms with Crippen LogP contribution in [0.1, 0.15) is 28.4 Å². The van der Waals surface area contributed by atoms with E-state index in [0.717, 1.165) is 11.1 Å². The van der Waals surface area contributed by atoms with E-state index in [2.05, 4.69) is 10.5 Å². The first kappa shape index (κ1) is 21.5. The zero-order valence-electron chi connectivity index (χ0n) is 17.0. The summed E-state index contributed by atoms with van der Waals surface area (Å²) in [7, 11) is 0. The summed E-state index contributed by atoms with van der Waals surface area (Å²) in [6, 6.07) is 23.1. The van der Waals surface area contributed by atoms with E-state index in [0.29, 0.717) is 23.7 Å². The number of esters is 1. The van der Waals surface area contributed by atoms with Crippen molar-refractivity contribution in [2.45, 2.75) is 6.92 Å². The van der Waals surface area contributed by atoms with Crippen molar-refractivity contribution in [1.82, 2.24) is 5.43 Å². The molecule has 0 aliphatic carbocycles. The molecule has 0 saturated heterocycles. The number of hydrazone groups is 1. The third-order valence-electron chi connectivity index (χ3n) is 4.12. The molecule has 0 bridgehead atoms. The lowest BCUT2D eigenvalue weighted by Gasteiger charge is -2.04. The average molecular weight is 414 g/mol. The van der Waals surface area contributed by atoms with Crippen LogP contribution in [-0.4, -0.2) is 24.7 Å². The third kappa shape index (κ3) is 6.97. The Kier molecular flexibility index (Phi) is 7.71. The number of benzene rings is 3. The minimum absolute atomic E-state index is 0.324. The predicted molar refractivity (Wildman–Crippen MR) is 120 cm³/mol. The fraction of sp³-hybridized carbons (Fsp3) is 0.0800. The molecule has 3 rings (SSSR count). The second-order valence-electron chi connectivity index (χ2n) is 6.39. The lowest BCUT2D eigenvalue weighted by molar-refractivity contribution is -0.128. The van der Waals surface area contributed by atoms with Crippen LogP contribution in [0.25, 0.3) is 6.08 Å². The molecule has 0 aromatic heterocycles. The summed E-state index contributed by atoms with van der Waals surface area (Å²) in [5, 5.41) is 3.96. The number of hydrogen-bond donors (Lipinski definition) is 1. The third-order valence-corrected chi connectivity index (χ3v) is 4.12. The van der Waals surface area contributed by atoms with Gasteiger partial charge in [-0.3, -0.25) is 4.79 Å². The topological polar surface area (TPSA) is 77.0 Å². The van der Waals surface area contributed by atoms with E-state index < -0.39 is 5.97 Å². The van der Waals surface area contributed by atoms with Gasteiger partial charge in [-0.15, -0.1) is 0 Å². The summed E-state index contributed by atoms with van der Waals surface area (Å²) in [6.07, 6.45) is 4.57. The zero-order chi connectivity index (χ0) is 21.9. The summed E-state index contributed by atoms with van der Waals surface area (Å²) < 4.78 is 10.6. The molecule has 3 aromatic carbocycles. The lowest BCUT2D eigenvalue weighted by Crippen LogP contribution is -2.17. The monoisotopic (exact) mass is 414 g/mol. The molecule has 0 atom stereocenters. The van der Waals surface area contributed by atoms with Crippen LogP contribution in [0.5, 0.6) is 11.5 Å². The Morgan fingerprint density at radius 2 is 1.55 bits per heavy atom. The van der Waals surface area contributed by atoms with E-state index >= 15 is 0 Å². The number of amides is 1. The van der Waals surface area contributed by atoms with Crippen LogP contribution in [0.3, 0.4) is 0 Å². The molecule has 31 heavy (non-hydrogen) atoms. The molecule has 3 aromatic rings. The highest BCUT2D eigenvalue weighted by Gasteiger charge is 2.04. The first-order chi connectivity index (χ1) is 15.1. The van der Waals surface area contributed by atoms with Crippen LogP contribution in [0.15, 0.2) is 90.0 Å². The highest BCUT2D eigenvalue weighted by molar-refractivity contribution is 5.95. The molecule has 0 saturated carbocycles. The van der Waals surface area contributed by atoms with E-state index in [1.807, 2.05) is 37.3 Å². The molecule has 0 fully saturated rings. The van der Waals surface area contributed by atoms with Crippen molar-refractivity contribution in [3.05, 3.63) is 102 Å². The second kappa shape index (κ2) is 11.1. The summed E-state index contributed by atoms with van der Waals surface area (Å²) in [6.45, 7) is 2.47. The van der Waals surface area contributed by atoms with Crippen molar-refractivity contribution in [2.24, 2.45) is 5.10 Å². The van der Waals surface area contributed by atoms with Gasteiger partial charge in [0.15, 0.2) is 0 Å². The largest absolute Gasteiger partial charge is 0.494 e. The van der Waals surface area contributed by atoms with Gasteiger partial charge in [0, 0.05) is 11.6 Å². The molecule has 0 aliphatic rings. The van der Waals surface area contributed by atoms with Gasteiger partial charge in [0.25, 0.3) is 5.91 Å².